The Hall–Kier alpha value is 0.150. The molecule has 1 rings (SSSR count). The zero-order valence-corrected chi connectivity index (χ0v) is 8.48. The van der Waals surface area contributed by atoms with Gasteiger partial charge in [0.15, 0.2) is 4.17 Å². The number of hydrogen-bond acceptors (Lipinski definition) is 2. The lowest BCUT2D eigenvalue weighted by Crippen LogP contribution is -2.38. The van der Waals surface area contributed by atoms with Crippen molar-refractivity contribution in [3.05, 3.63) is 0 Å². The Balaban J connectivity index is 2.80. The fourth-order valence-corrected chi connectivity index (χ4v) is 1.81. The molecule has 0 bridgehead atoms. The van der Waals surface area contributed by atoms with Crippen molar-refractivity contribution >= 4 is 28.3 Å². The number of halogens is 4. The van der Waals surface area contributed by atoms with Crippen LogP contribution in [0.5, 0.6) is 0 Å². The van der Waals surface area contributed by atoms with Crippen LogP contribution in [0.1, 0.15) is 13.3 Å². The number of aliphatic imine (C=N–C) groups is 1. The van der Waals surface area contributed by atoms with Gasteiger partial charge in [0.25, 0.3) is 0 Å². The van der Waals surface area contributed by atoms with E-state index in [1.807, 2.05) is 22.6 Å². The van der Waals surface area contributed by atoms with Gasteiger partial charge in [-0.25, -0.2) is 0 Å². The van der Waals surface area contributed by atoms with Gasteiger partial charge >= 0.3 is 6.18 Å². The Labute approximate surface area is 81.8 Å². The van der Waals surface area contributed by atoms with Gasteiger partial charge in [-0.1, -0.05) is 6.92 Å². The molecular weight excluding hydrogens is 284 g/mol. The number of nitrogens with zero attached hydrogens (tertiary/aromatic N) is 1. The van der Waals surface area contributed by atoms with E-state index in [1.165, 1.54) is 0 Å². The average Bonchev–Trinajstić information content (AvgIpc) is 2.29. The van der Waals surface area contributed by atoms with Crippen LogP contribution in [-0.2, 0) is 0 Å². The molecule has 2 unspecified atom stereocenters. The fourth-order valence-electron chi connectivity index (χ4n) is 1.08. The molecule has 0 saturated carbocycles. The van der Waals surface area contributed by atoms with E-state index in [0.29, 0.717) is 6.42 Å². The second-order valence-corrected chi connectivity index (χ2v) is 3.66. The van der Waals surface area contributed by atoms with Gasteiger partial charge < -0.3 is 0 Å². The van der Waals surface area contributed by atoms with Crippen LogP contribution >= 0.6 is 22.6 Å². The van der Waals surface area contributed by atoms with E-state index in [-0.39, 0.29) is 0 Å². The molecule has 12 heavy (non-hydrogen) atoms. The first-order chi connectivity index (χ1) is 5.45. The predicted molar refractivity (Wildman–Crippen MR) is 48.5 cm³/mol. The minimum absolute atomic E-state index is 0.415. The monoisotopic (exact) mass is 292 g/mol. The van der Waals surface area contributed by atoms with Crippen molar-refractivity contribution in [1.82, 2.24) is 5.32 Å². The normalized spacial score (nSPS) is 30.6. The average molecular weight is 292 g/mol. The van der Waals surface area contributed by atoms with Crippen molar-refractivity contribution in [2.75, 3.05) is 0 Å². The molecule has 0 saturated heterocycles. The summed E-state index contributed by atoms with van der Waals surface area (Å²) >= 11 is 1.83. The van der Waals surface area contributed by atoms with E-state index < -0.39 is 22.1 Å². The van der Waals surface area contributed by atoms with E-state index in [1.54, 1.807) is 6.92 Å². The quantitative estimate of drug-likeness (QED) is 0.447. The molecule has 0 aromatic rings. The Morgan fingerprint density at radius 2 is 2.17 bits per heavy atom. The van der Waals surface area contributed by atoms with Crippen molar-refractivity contribution in [2.45, 2.75) is 29.7 Å². The minimum Gasteiger partial charge on any atom is -0.279 e. The van der Waals surface area contributed by atoms with E-state index in [2.05, 4.69) is 10.3 Å². The molecule has 0 amide bonds. The van der Waals surface area contributed by atoms with Crippen molar-refractivity contribution in [2.24, 2.45) is 4.99 Å². The maximum absolute atomic E-state index is 12.2. The van der Waals surface area contributed by atoms with Gasteiger partial charge in [-0.3, -0.25) is 10.3 Å². The van der Waals surface area contributed by atoms with Crippen LogP contribution in [0.2, 0.25) is 0 Å². The molecule has 1 heterocycles. The third-order valence-corrected chi connectivity index (χ3v) is 2.26. The van der Waals surface area contributed by atoms with Crippen molar-refractivity contribution in [1.29, 1.82) is 0 Å². The van der Waals surface area contributed by atoms with Crippen LogP contribution < -0.4 is 5.32 Å². The first kappa shape index (κ1) is 10.2. The van der Waals surface area contributed by atoms with Crippen LogP contribution in [0.3, 0.4) is 0 Å². The molecule has 0 fully saturated rings. The van der Waals surface area contributed by atoms with Crippen molar-refractivity contribution in [3.63, 3.8) is 0 Å². The molecule has 1 N–H and O–H groups in total. The predicted octanol–water partition coefficient (Wildman–Crippen LogP) is 2.09. The summed E-state index contributed by atoms with van der Waals surface area (Å²) in [5.41, 5.74) is -0.676. The zero-order chi connectivity index (χ0) is 9.35. The summed E-state index contributed by atoms with van der Waals surface area (Å²) in [7, 11) is 0. The van der Waals surface area contributed by atoms with Gasteiger partial charge in [0, 0.05) is 0 Å². The summed E-state index contributed by atoms with van der Waals surface area (Å²) < 4.78 is 36.2. The highest BCUT2D eigenvalue weighted by Gasteiger charge is 2.43. The summed E-state index contributed by atoms with van der Waals surface area (Å²) in [6, 6.07) is -0.633. The highest BCUT2D eigenvalue weighted by atomic mass is 127. The Morgan fingerprint density at radius 3 is 2.50 bits per heavy atom. The standard InChI is InChI=1S/C6H8F3IN2/c1-2-3-4(6(7,8)9)12-5(10)11-3/h3,5,11H,2H2,1H3. The third-order valence-electron chi connectivity index (χ3n) is 1.62. The van der Waals surface area contributed by atoms with Crippen LogP contribution in [-0.4, -0.2) is 22.1 Å². The molecule has 6 heteroatoms. The topological polar surface area (TPSA) is 24.4 Å². The Kier molecular flexibility index (Phi) is 2.97. The number of alkyl halides is 4. The summed E-state index contributed by atoms with van der Waals surface area (Å²) in [4.78, 5) is 3.48. The van der Waals surface area contributed by atoms with Crippen molar-refractivity contribution in [3.8, 4) is 0 Å². The molecule has 1 aliphatic heterocycles. The van der Waals surface area contributed by atoms with E-state index in [9.17, 15) is 13.2 Å². The van der Waals surface area contributed by atoms with Crippen LogP contribution in [0.25, 0.3) is 0 Å². The van der Waals surface area contributed by atoms with E-state index in [0.717, 1.165) is 0 Å². The minimum atomic E-state index is -4.28. The van der Waals surface area contributed by atoms with Crippen LogP contribution in [0, 0.1) is 0 Å². The Morgan fingerprint density at radius 1 is 1.58 bits per heavy atom. The molecule has 0 aliphatic carbocycles. The third kappa shape index (κ3) is 2.09. The van der Waals surface area contributed by atoms with Crippen LogP contribution in [0.15, 0.2) is 4.99 Å². The summed E-state index contributed by atoms with van der Waals surface area (Å²) in [5.74, 6) is 0. The van der Waals surface area contributed by atoms with Gasteiger partial charge in [0.05, 0.1) is 6.04 Å². The van der Waals surface area contributed by atoms with Crippen LogP contribution in [0.4, 0.5) is 13.2 Å². The molecule has 0 aromatic carbocycles. The fraction of sp³-hybridized carbons (Fsp3) is 0.833. The number of hydrogen-bond donors (Lipinski definition) is 1. The van der Waals surface area contributed by atoms with Gasteiger partial charge in [-0.15, -0.1) is 0 Å². The molecule has 70 valence electrons. The lowest BCUT2D eigenvalue weighted by Gasteiger charge is -2.13. The maximum Gasteiger partial charge on any atom is 0.430 e. The maximum atomic E-state index is 12.2. The first-order valence-corrected chi connectivity index (χ1v) is 4.74. The van der Waals surface area contributed by atoms with Gasteiger partial charge in [0.1, 0.15) is 5.71 Å². The zero-order valence-electron chi connectivity index (χ0n) is 6.32. The van der Waals surface area contributed by atoms with Gasteiger partial charge in [0.2, 0.25) is 0 Å². The van der Waals surface area contributed by atoms with Gasteiger partial charge in [-0.05, 0) is 29.0 Å². The SMILES string of the molecule is CCC1NC(I)N=C1C(F)(F)F. The van der Waals surface area contributed by atoms with E-state index in [4.69, 9.17) is 0 Å². The van der Waals surface area contributed by atoms with Gasteiger partial charge in [-0.2, -0.15) is 13.2 Å². The lowest BCUT2D eigenvalue weighted by molar-refractivity contribution is -0.0609. The molecule has 0 aromatic heterocycles. The molecular formula is C6H8F3IN2. The molecule has 0 spiro atoms. The number of nitrogens with one attached hydrogen (secondary N) is 1. The highest BCUT2D eigenvalue weighted by molar-refractivity contribution is 14.1. The second-order valence-electron chi connectivity index (χ2n) is 2.48. The molecule has 2 nitrogen and oxygen atoms in total. The van der Waals surface area contributed by atoms with E-state index >= 15 is 0 Å². The van der Waals surface area contributed by atoms with Crippen molar-refractivity contribution < 1.29 is 13.2 Å². The summed E-state index contributed by atoms with van der Waals surface area (Å²) in [6.07, 6.45) is -3.87. The summed E-state index contributed by atoms with van der Waals surface area (Å²) in [6.45, 7) is 1.70. The Bertz CT molecular complexity index is 201. The second kappa shape index (κ2) is 3.49. The number of rotatable bonds is 1. The smallest absolute Gasteiger partial charge is 0.279 e. The largest absolute Gasteiger partial charge is 0.430 e. The molecule has 0 radical (unpaired) electrons. The lowest BCUT2D eigenvalue weighted by atomic mass is 10.1. The first-order valence-electron chi connectivity index (χ1n) is 3.50. The highest BCUT2D eigenvalue weighted by Crippen LogP contribution is 2.26. The molecule has 1 aliphatic rings. The molecule has 2 atom stereocenters. The summed E-state index contributed by atoms with van der Waals surface area (Å²) in [5, 5.41) is 2.72.